The zero-order valence-electron chi connectivity index (χ0n) is 13.1. The number of hydrogen-bond acceptors (Lipinski definition) is 3. The zero-order valence-corrected chi connectivity index (χ0v) is 13.1. The normalized spacial score (nSPS) is 26.3. The highest BCUT2D eigenvalue weighted by Gasteiger charge is 2.39. The molecule has 3 heteroatoms. The van der Waals surface area contributed by atoms with Gasteiger partial charge in [0, 0.05) is 0 Å². The van der Waals surface area contributed by atoms with Crippen LogP contribution in [0, 0.1) is 17.2 Å². The quantitative estimate of drug-likeness (QED) is 0.860. The van der Waals surface area contributed by atoms with Gasteiger partial charge in [0.25, 0.3) is 0 Å². The molecule has 2 rings (SSSR count). The highest BCUT2D eigenvalue weighted by molar-refractivity contribution is 5.29. The van der Waals surface area contributed by atoms with Crippen molar-refractivity contribution < 1.29 is 4.74 Å². The van der Waals surface area contributed by atoms with Crippen molar-refractivity contribution in [2.24, 2.45) is 11.7 Å². The molecule has 114 valence electrons. The summed E-state index contributed by atoms with van der Waals surface area (Å²) >= 11 is 0. The minimum absolute atomic E-state index is 0.266. The second kappa shape index (κ2) is 6.95. The zero-order chi connectivity index (χ0) is 15.3. The molecule has 0 spiro atoms. The van der Waals surface area contributed by atoms with Crippen LogP contribution in [-0.2, 0) is 0 Å². The summed E-state index contributed by atoms with van der Waals surface area (Å²) in [6, 6.07) is 10.6. The Kier molecular flexibility index (Phi) is 5.25. The van der Waals surface area contributed by atoms with E-state index >= 15 is 0 Å². The van der Waals surface area contributed by atoms with Crippen LogP contribution >= 0.6 is 0 Å². The molecule has 3 unspecified atom stereocenters. The number of ether oxygens (including phenoxy) is 1. The molecule has 3 atom stereocenters. The van der Waals surface area contributed by atoms with E-state index in [1.807, 2.05) is 12.1 Å². The SMILES string of the molecule is CCC(C)c1ccc(OCCC2CCCC2(N)C#N)cc1. The van der Waals surface area contributed by atoms with Crippen molar-refractivity contribution in [2.45, 2.75) is 57.4 Å². The van der Waals surface area contributed by atoms with Crippen LogP contribution in [-0.4, -0.2) is 12.1 Å². The summed E-state index contributed by atoms with van der Waals surface area (Å²) in [5, 5.41) is 9.20. The van der Waals surface area contributed by atoms with Crippen molar-refractivity contribution >= 4 is 0 Å². The lowest BCUT2D eigenvalue weighted by Crippen LogP contribution is -2.42. The summed E-state index contributed by atoms with van der Waals surface area (Å²) in [4.78, 5) is 0. The Bertz CT molecular complexity index is 491. The summed E-state index contributed by atoms with van der Waals surface area (Å²) in [5.41, 5.74) is 6.85. The predicted molar refractivity (Wildman–Crippen MR) is 85.1 cm³/mol. The molecule has 0 aromatic heterocycles. The molecule has 0 radical (unpaired) electrons. The van der Waals surface area contributed by atoms with Gasteiger partial charge in [-0.3, -0.25) is 0 Å². The molecule has 1 aromatic rings. The molecule has 0 saturated heterocycles. The number of rotatable bonds is 6. The van der Waals surface area contributed by atoms with Crippen molar-refractivity contribution in [3.05, 3.63) is 29.8 Å². The Morgan fingerprint density at radius 1 is 1.43 bits per heavy atom. The molecule has 1 aliphatic carbocycles. The number of benzene rings is 1. The topological polar surface area (TPSA) is 59.0 Å². The fourth-order valence-electron chi connectivity index (χ4n) is 3.10. The monoisotopic (exact) mass is 286 g/mol. The average Bonchev–Trinajstić information content (AvgIpc) is 2.89. The number of hydrogen-bond donors (Lipinski definition) is 1. The Hall–Kier alpha value is -1.53. The third-order valence-electron chi connectivity index (χ3n) is 4.88. The summed E-state index contributed by atoms with van der Waals surface area (Å²) in [7, 11) is 0. The van der Waals surface area contributed by atoms with Gasteiger partial charge in [0.2, 0.25) is 0 Å². The van der Waals surface area contributed by atoms with Crippen LogP contribution in [0.3, 0.4) is 0 Å². The van der Waals surface area contributed by atoms with Crippen molar-refractivity contribution in [3.63, 3.8) is 0 Å². The van der Waals surface area contributed by atoms with Crippen LogP contribution in [0.4, 0.5) is 0 Å². The second-order valence-electron chi connectivity index (χ2n) is 6.26. The number of nitrogens with two attached hydrogens (primary N) is 1. The smallest absolute Gasteiger partial charge is 0.119 e. The molecule has 2 N–H and O–H groups in total. The maximum atomic E-state index is 9.20. The van der Waals surface area contributed by atoms with Crippen LogP contribution in [0.5, 0.6) is 5.75 Å². The summed E-state index contributed by atoms with van der Waals surface area (Å²) in [5.74, 6) is 1.76. The Labute approximate surface area is 128 Å². The molecule has 0 amide bonds. The molecular weight excluding hydrogens is 260 g/mol. The standard InChI is InChI=1S/C18H26N2O/c1-3-14(2)15-6-8-17(9-7-15)21-12-10-16-5-4-11-18(16,20)13-19/h6-9,14,16H,3-5,10-12,20H2,1-2H3. The van der Waals surface area contributed by atoms with Gasteiger partial charge in [-0.05, 0) is 55.2 Å². The molecule has 0 bridgehead atoms. The van der Waals surface area contributed by atoms with E-state index < -0.39 is 5.54 Å². The van der Waals surface area contributed by atoms with E-state index in [2.05, 4.69) is 32.0 Å². The number of nitriles is 1. The van der Waals surface area contributed by atoms with E-state index in [4.69, 9.17) is 10.5 Å². The van der Waals surface area contributed by atoms with Crippen LogP contribution in [0.15, 0.2) is 24.3 Å². The first-order valence-electron chi connectivity index (χ1n) is 8.02. The van der Waals surface area contributed by atoms with Gasteiger partial charge in [0.05, 0.1) is 12.7 Å². The van der Waals surface area contributed by atoms with Gasteiger partial charge in [0.15, 0.2) is 0 Å². The van der Waals surface area contributed by atoms with Gasteiger partial charge in [-0.25, -0.2) is 0 Å². The van der Waals surface area contributed by atoms with Crippen LogP contribution in [0.2, 0.25) is 0 Å². The van der Waals surface area contributed by atoms with E-state index in [1.165, 1.54) is 5.56 Å². The third-order valence-corrected chi connectivity index (χ3v) is 4.88. The van der Waals surface area contributed by atoms with Crippen molar-refractivity contribution in [3.8, 4) is 11.8 Å². The van der Waals surface area contributed by atoms with Crippen molar-refractivity contribution in [1.29, 1.82) is 5.26 Å². The van der Waals surface area contributed by atoms with Gasteiger partial charge >= 0.3 is 0 Å². The fourth-order valence-corrected chi connectivity index (χ4v) is 3.10. The predicted octanol–water partition coefficient (Wildman–Crippen LogP) is 3.99. The lowest BCUT2D eigenvalue weighted by Gasteiger charge is -2.23. The maximum Gasteiger partial charge on any atom is 0.119 e. The van der Waals surface area contributed by atoms with E-state index in [-0.39, 0.29) is 5.92 Å². The molecule has 1 aromatic carbocycles. The molecule has 0 aliphatic heterocycles. The maximum absolute atomic E-state index is 9.20. The Balaban J connectivity index is 1.83. The summed E-state index contributed by atoms with van der Waals surface area (Å²) in [6.07, 6.45) is 4.92. The number of nitrogens with zero attached hydrogens (tertiary/aromatic N) is 1. The highest BCUT2D eigenvalue weighted by Crippen LogP contribution is 2.35. The second-order valence-corrected chi connectivity index (χ2v) is 6.26. The van der Waals surface area contributed by atoms with Crippen molar-refractivity contribution in [2.75, 3.05) is 6.61 Å². The van der Waals surface area contributed by atoms with Crippen LogP contribution in [0.1, 0.15) is 57.4 Å². The first kappa shape index (κ1) is 15.9. The van der Waals surface area contributed by atoms with E-state index in [0.29, 0.717) is 12.5 Å². The Morgan fingerprint density at radius 2 is 2.14 bits per heavy atom. The van der Waals surface area contributed by atoms with E-state index in [0.717, 1.165) is 37.9 Å². The van der Waals surface area contributed by atoms with Gasteiger partial charge in [-0.2, -0.15) is 5.26 Å². The van der Waals surface area contributed by atoms with Crippen molar-refractivity contribution in [1.82, 2.24) is 0 Å². The van der Waals surface area contributed by atoms with E-state index in [1.54, 1.807) is 0 Å². The Morgan fingerprint density at radius 3 is 2.76 bits per heavy atom. The fraction of sp³-hybridized carbons (Fsp3) is 0.611. The molecular formula is C18H26N2O. The van der Waals surface area contributed by atoms with E-state index in [9.17, 15) is 5.26 Å². The first-order chi connectivity index (χ1) is 10.1. The van der Waals surface area contributed by atoms with Gasteiger partial charge in [-0.1, -0.05) is 32.4 Å². The molecule has 3 nitrogen and oxygen atoms in total. The summed E-state index contributed by atoms with van der Waals surface area (Å²) in [6.45, 7) is 5.07. The molecule has 21 heavy (non-hydrogen) atoms. The summed E-state index contributed by atoms with van der Waals surface area (Å²) < 4.78 is 5.81. The third kappa shape index (κ3) is 3.77. The minimum Gasteiger partial charge on any atom is -0.494 e. The molecule has 1 saturated carbocycles. The molecule has 1 aliphatic rings. The van der Waals surface area contributed by atoms with Crippen LogP contribution in [0.25, 0.3) is 0 Å². The largest absolute Gasteiger partial charge is 0.494 e. The molecule has 0 heterocycles. The minimum atomic E-state index is -0.635. The molecule has 1 fully saturated rings. The van der Waals surface area contributed by atoms with Gasteiger partial charge in [-0.15, -0.1) is 0 Å². The highest BCUT2D eigenvalue weighted by atomic mass is 16.5. The first-order valence-corrected chi connectivity index (χ1v) is 8.02. The van der Waals surface area contributed by atoms with Crippen LogP contribution < -0.4 is 10.5 Å². The average molecular weight is 286 g/mol. The van der Waals surface area contributed by atoms with Gasteiger partial charge < -0.3 is 10.5 Å². The lowest BCUT2D eigenvalue weighted by atomic mass is 9.87. The van der Waals surface area contributed by atoms with Gasteiger partial charge in [0.1, 0.15) is 11.3 Å². The lowest BCUT2D eigenvalue weighted by molar-refractivity contribution is 0.254.